The number of anilines is 2. The highest BCUT2D eigenvalue weighted by molar-refractivity contribution is 7.99. The van der Waals surface area contributed by atoms with Crippen LogP contribution in [0.25, 0.3) is 0 Å². The molecule has 0 radical (unpaired) electrons. The SMILES string of the molecule is CC(C)(C)OC(=O)N[C@@H](CSc1ccccc1N)C(=O)O.CC(C)(C)OC(=O)N[C@H]1CSc2ccccc2NC1=O. The molecule has 1 aliphatic rings. The van der Waals surface area contributed by atoms with Crippen LogP contribution in [0.15, 0.2) is 58.3 Å². The van der Waals surface area contributed by atoms with Crippen LogP contribution in [-0.4, -0.2) is 64.0 Å². The number of carboxylic acid groups (broad SMARTS) is 1. The van der Waals surface area contributed by atoms with E-state index in [0.29, 0.717) is 11.4 Å². The van der Waals surface area contributed by atoms with E-state index in [1.165, 1.54) is 23.5 Å². The van der Waals surface area contributed by atoms with E-state index in [-0.39, 0.29) is 11.7 Å². The Morgan fingerprint density at radius 1 is 1.02 bits per heavy atom. The first-order valence-corrected chi connectivity index (χ1v) is 14.7. The maximum atomic E-state index is 12.1. The maximum absolute atomic E-state index is 12.1. The number of carbonyl (C=O) groups excluding carboxylic acids is 3. The number of fused-ring (bicyclic) bond motifs is 1. The summed E-state index contributed by atoms with van der Waals surface area (Å²) in [5.74, 6) is -0.721. The highest BCUT2D eigenvalue weighted by Crippen LogP contribution is 2.30. The maximum Gasteiger partial charge on any atom is 0.408 e. The largest absolute Gasteiger partial charge is 0.480 e. The van der Waals surface area contributed by atoms with Gasteiger partial charge in [0.1, 0.15) is 23.3 Å². The summed E-state index contributed by atoms with van der Waals surface area (Å²) < 4.78 is 10.2. The molecule has 3 amide bonds. The molecular formula is C28H38N4O7S2. The van der Waals surface area contributed by atoms with Gasteiger partial charge in [0.2, 0.25) is 5.91 Å². The Bertz CT molecular complexity index is 1230. The van der Waals surface area contributed by atoms with Crippen molar-refractivity contribution in [3.8, 4) is 0 Å². The van der Waals surface area contributed by atoms with Crippen LogP contribution in [0.3, 0.4) is 0 Å². The summed E-state index contributed by atoms with van der Waals surface area (Å²) >= 11 is 2.80. The second kappa shape index (κ2) is 14.9. The Hall–Kier alpha value is -3.58. The minimum atomic E-state index is -1.12. The Morgan fingerprint density at radius 2 is 1.61 bits per heavy atom. The second-order valence-corrected chi connectivity index (χ2v) is 13.0. The monoisotopic (exact) mass is 606 g/mol. The standard InChI is InChI=1S/C14H20N2O4S.C14H18N2O3S/c1-14(2,3)20-13(19)16-10(12(17)18)8-21-11-7-5-4-6-9(11)15;1-14(2,3)19-13(18)16-10-8-20-11-7-5-4-6-9(11)15-12(10)17/h4-7,10H,8,15H2,1-3H3,(H,16,19)(H,17,18);4-7,10H,8H2,1-3H3,(H,15,17)(H,16,18)/t2*10-/m00/s1. The molecule has 224 valence electrons. The van der Waals surface area contributed by atoms with Gasteiger partial charge in [-0.05, 0) is 65.8 Å². The smallest absolute Gasteiger partial charge is 0.408 e. The zero-order valence-electron chi connectivity index (χ0n) is 24.0. The first-order valence-electron chi connectivity index (χ1n) is 12.8. The third-order valence-corrected chi connectivity index (χ3v) is 7.22. The average molecular weight is 607 g/mol. The minimum Gasteiger partial charge on any atom is -0.480 e. The first kappa shape index (κ1) is 33.6. The zero-order valence-corrected chi connectivity index (χ0v) is 25.6. The van der Waals surface area contributed by atoms with Crippen LogP contribution in [0, 0.1) is 0 Å². The molecule has 0 aromatic heterocycles. The Balaban J connectivity index is 0.000000287. The van der Waals surface area contributed by atoms with Crippen molar-refractivity contribution in [1.29, 1.82) is 0 Å². The summed E-state index contributed by atoms with van der Waals surface area (Å²) in [6.45, 7) is 10.5. The van der Waals surface area contributed by atoms with Gasteiger partial charge in [-0.3, -0.25) is 4.79 Å². The summed E-state index contributed by atoms with van der Waals surface area (Å²) in [7, 11) is 0. The highest BCUT2D eigenvalue weighted by Gasteiger charge is 2.28. The number of amides is 3. The van der Waals surface area contributed by atoms with Crippen LogP contribution in [0.2, 0.25) is 0 Å². The number of ether oxygens (including phenoxy) is 2. The van der Waals surface area contributed by atoms with Gasteiger partial charge in [-0.25, -0.2) is 14.4 Å². The predicted molar refractivity (Wildman–Crippen MR) is 161 cm³/mol. The number of carboxylic acids is 1. The van der Waals surface area contributed by atoms with Crippen molar-refractivity contribution in [2.24, 2.45) is 0 Å². The molecule has 1 aliphatic heterocycles. The molecule has 0 unspecified atom stereocenters. The lowest BCUT2D eigenvalue weighted by Gasteiger charge is -2.22. The Morgan fingerprint density at radius 3 is 2.22 bits per heavy atom. The third-order valence-electron chi connectivity index (χ3n) is 4.87. The van der Waals surface area contributed by atoms with Gasteiger partial charge in [0, 0.05) is 27.0 Å². The fraction of sp³-hybridized carbons (Fsp3) is 0.429. The second-order valence-electron chi connectivity index (χ2n) is 10.9. The molecule has 41 heavy (non-hydrogen) atoms. The first-order chi connectivity index (χ1) is 19.0. The fourth-order valence-electron chi connectivity index (χ4n) is 3.13. The van der Waals surface area contributed by atoms with Crippen molar-refractivity contribution < 1.29 is 33.8 Å². The van der Waals surface area contributed by atoms with Crippen LogP contribution in [0.5, 0.6) is 0 Å². The molecule has 0 aliphatic carbocycles. The number of alkyl carbamates (subject to hydrolysis) is 2. The van der Waals surface area contributed by atoms with Crippen LogP contribution < -0.4 is 21.7 Å². The molecule has 1 heterocycles. The number of para-hydroxylation sites is 2. The average Bonchev–Trinajstić information content (AvgIpc) is 2.99. The molecule has 0 saturated heterocycles. The fourth-order valence-corrected chi connectivity index (χ4v) is 5.14. The highest BCUT2D eigenvalue weighted by atomic mass is 32.2. The summed E-state index contributed by atoms with van der Waals surface area (Å²) in [5, 5.41) is 16.9. The number of nitrogens with two attached hydrogens (primary N) is 1. The molecule has 0 bridgehead atoms. The van der Waals surface area contributed by atoms with E-state index in [4.69, 9.17) is 20.3 Å². The van der Waals surface area contributed by atoms with Gasteiger partial charge >= 0.3 is 18.2 Å². The number of rotatable bonds is 6. The quantitative estimate of drug-likeness (QED) is 0.224. The number of thioether (sulfide) groups is 2. The summed E-state index contributed by atoms with van der Waals surface area (Å²) in [6, 6.07) is 13.0. The van der Waals surface area contributed by atoms with E-state index in [2.05, 4.69) is 16.0 Å². The van der Waals surface area contributed by atoms with Gasteiger partial charge in [-0.2, -0.15) is 0 Å². The van der Waals surface area contributed by atoms with Crippen molar-refractivity contribution in [1.82, 2.24) is 10.6 Å². The summed E-state index contributed by atoms with van der Waals surface area (Å²) in [6.07, 6.45) is -1.33. The predicted octanol–water partition coefficient (Wildman–Crippen LogP) is 4.96. The van der Waals surface area contributed by atoms with Crippen molar-refractivity contribution in [3.63, 3.8) is 0 Å². The van der Waals surface area contributed by atoms with Gasteiger partial charge in [-0.1, -0.05) is 24.3 Å². The number of benzene rings is 2. The van der Waals surface area contributed by atoms with Crippen molar-refractivity contribution >= 4 is 59.0 Å². The molecular weight excluding hydrogens is 568 g/mol. The zero-order chi connectivity index (χ0) is 30.8. The number of carbonyl (C=O) groups is 4. The lowest BCUT2D eigenvalue weighted by Crippen LogP contribution is -2.46. The molecule has 13 heteroatoms. The van der Waals surface area contributed by atoms with Crippen LogP contribution in [-0.2, 0) is 19.1 Å². The van der Waals surface area contributed by atoms with E-state index in [1.807, 2.05) is 30.3 Å². The van der Waals surface area contributed by atoms with Crippen LogP contribution in [0.4, 0.5) is 21.0 Å². The van der Waals surface area contributed by atoms with Crippen molar-refractivity contribution in [3.05, 3.63) is 48.5 Å². The topological polar surface area (TPSA) is 169 Å². The number of hydrogen-bond acceptors (Lipinski definition) is 9. The molecule has 0 fully saturated rings. The number of nitrogens with one attached hydrogen (secondary N) is 3. The number of nitrogen functional groups attached to an aromatic ring is 1. The Labute approximate surface area is 248 Å². The van der Waals surface area contributed by atoms with Crippen molar-refractivity contribution in [2.45, 2.75) is 74.6 Å². The molecule has 2 aromatic carbocycles. The van der Waals surface area contributed by atoms with Gasteiger partial charge < -0.3 is 36.3 Å². The van der Waals surface area contributed by atoms with Gasteiger partial charge in [0.05, 0.1) is 5.69 Å². The van der Waals surface area contributed by atoms with E-state index >= 15 is 0 Å². The van der Waals surface area contributed by atoms with E-state index in [9.17, 15) is 19.2 Å². The van der Waals surface area contributed by atoms with Gasteiger partial charge in [0.25, 0.3) is 0 Å². The molecule has 6 N–H and O–H groups in total. The van der Waals surface area contributed by atoms with E-state index in [0.717, 1.165) is 15.5 Å². The minimum absolute atomic E-state index is 0.156. The summed E-state index contributed by atoms with van der Waals surface area (Å²) in [4.78, 5) is 48.4. The normalized spacial score (nSPS) is 15.5. The molecule has 0 saturated carbocycles. The lowest BCUT2D eigenvalue weighted by molar-refractivity contribution is -0.138. The van der Waals surface area contributed by atoms with E-state index < -0.39 is 41.4 Å². The third kappa shape index (κ3) is 12.6. The van der Waals surface area contributed by atoms with Crippen LogP contribution >= 0.6 is 23.5 Å². The number of aliphatic carboxylic acids is 1. The van der Waals surface area contributed by atoms with Gasteiger partial charge in [-0.15, -0.1) is 23.5 Å². The molecule has 11 nitrogen and oxygen atoms in total. The molecule has 2 aromatic rings. The summed E-state index contributed by atoms with van der Waals surface area (Å²) in [5.41, 5.74) is 5.88. The Kier molecular flexibility index (Phi) is 12.2. The lowest BCUT2D eigenvalue weighted by atomic mass is 10.2. The molecule has 3 rings (SSSR count). The van der Waals surface area contributed by atoms with Crippen molar-refractivity contribution in [2.75, 3.05) is 22.6 Å². The van der Waals surface area contributed by atoms with E-state index in [1.54, 1.807) is 59.7 Å². The molecule has 0 spiro atoms. The van der Waals surface area contributed by atoms with Gasteiger partial charge in [0.15, 0.2) is 0 Å². The number of hydrogen-bond donors (Lipinski definition) is 5. The van der Waals surface area contributed by atoms with Crippen LogP contribution in [0.1, 0.15) is 41.5 Å². The molecule has 2 atom stereocenters.